The number of alkyl halides is 3. The molecule has 2 heterocycles. The minimum atomic E-state index is -4.66. The van der Waals surface area contributed by atoms with Crippen molar-refractivity contribution < 1.29 is 31.5 Å². The lowest BCUT2D eigenvalue weighted by Gasteiger charge is -2.27. The number of rotatable bonds is 6. The molecule has 2 aliphatic rings. The van der Waals surface area contributed by atoms with E-state index in [1.807, 2.05) is 5.10 Å². The average Bonchev–Trinajstić information content (AvgIpc) is 3.48. The van der Waals surface area contributed by atoms with Gasteiger partial charge in [-0.3, -0.25) is 19.7 Å². The molecule has 0 spiro atoms. The van der Waals surface area contributed by atoms with Gasteiger partial charge < -0.3 is 10.6 Å². The number of hydrazine groups is 1. The maximum Gasteiger partial charge on any atom is 0.451 e. The number of aromatic amines is 1. The van der Waals surface area contributed by atoms with Gasteiger partial charge in [-0.1, -0.05) is 35.9 Å². The topological polar surface area (TPSA) is 141 Å². The zero-order chi connectivity index (χ0) is 31.3. The summed E-state index contributed by atoms with van der Waals surface area (Å²) in [6.45, 7) is 1.01. The Hall–Kier alpha value is -4.37. The van der Waals surface area contributed by atoms with Gasteiger partial charge in [0.05, 0.1) is 5.02 Å². The third-order valence-corrected chi connectivity index (χ3v) is 6.67. The fourth-order valence-electron chi connectivity index (χ4n) is 4.21. The van der Waals surface area contributed by atoms with E-state index in [9.17, 15) is 31.5 Å². The summed E-state index contributed by atoms with van der Waals surface area (Å²) in [5, 5.41) is 11.5. The Morgan fingerprint density at radius 3 is 2.70 bits per heavy atom. The normalized spacial score (nSPS) is 20.9. The lowest BCUT2D eigenvalue weighted by atomic mass is 10.1. The minimum absolute atomic E-state index is 0.0526. The molecule has 0 saturated heterocycles. The molecule has 0 bridgehead atoms. The predicted octanol–water partition coefficient (Wildman–Crippen LogP) is 4.60. The van der Waals surface area contributed by atoms with Gasteiger partial charge in [0.1, 0.15) is 23.1 Å². The summed E-state index contributed by atoms with van der Waals surface area (Å²) in [5.74, 6) is 1.30. The molecule has 1 atom stereocenters. The van der Waals surface area contributed by atoms with Crippen LogP contribution >= 0.6 is 11.6 Å². The quantitative estimate of drug-likeness (QED) is 0.273. The monoisotopic (exact) mass is 624 g/mol. The Bertz CT molecular complexity index is 1560. The first-order valence-corrected chi connectivity index (χ1v) is 13.3. The van der Waals surface area contributed by atoms with E-state index in [1.165, 1.54) is 12.1 Å². The number of nitrogens with two attached hydrogens (primary N) is 1. The Kier molecular flexibility index (Phi) is 9.76. The summed E-state index contributed by atoms with van der Waals surface area (Å²) in [6, 6.07) is 3.47. The number of benzene rings is 1. The third kappa shape index (κ3) is 7.93. The van der Waals surface area contributed by atoms with Crippen LogP contribution in [0.3, 0.4) is 0 Å². The SMILES string of the molecule is C/C(F)=C1/N=C(C(=O)NCc2ccc(F)c(Cl)c2)C=C(C(=O)NC2C/C=C\C(c3n[nH]c(C(F)(F)F)n3)=C/CCC2)N1N. The molecule has 0 saturated carbocycles. The molecule has 228 valence electrons. The number of carbonyl (C=O) groups excluding carboxylic acids is 2. The molecule has 0 radical (unpaired) electrons. The zero-order valence-corrected chi connectivity index (χ0v) is 23.4. The number of hydrogen-bond donors (Lipinski definition) is 4. The van der Waals surface area contributed by atoms with Gasteiger partial charge in [-0.15, -0.1) is 0 Å². The number of carbonyl (C=O) groups is 2. The summed E-state index contributed by atoms with van der Waals surface area (Å²) in [4.78, 5) is 33.6. The van der Waals surface area contributed by atoms with Crippen molar-refractivity contribution in [1.82, 2.24) is 30.8 Å². The third-order valence-electron chi connectivity index (χ3n) is 6.38. The average molecular weight is 625 g/mol. The number of nitrogens with one attached hydrogen (secondary N) is 3. The summed E-state index contributed by atoms with van der Waals surface area (Å²) < 4.78 is 66.5. The number of amides is 2. The van der Waals surface area contributed by atoms with Crippen molar-refractivity contribution in [2.24, 2.45) is 10.8 Å². The molecule has 5 N–H and O–H groups in total. The molecular formula is C27H26ClF5N8O2. The van der Waals surface area contributed by atoms with Crippen LogP contribution in [0.5, 0.6) is 0 Å². The van der Waals surface area contributed by atoms with Crippen LogP contribution in [0.2, 0.25) is 5.02 Å². The highest BCUT2D eigenvalue weighted by molar-refractivity contribution is 6.44. The minimum Gasteiger partial charge on any atom is -0.348 e. The standard InChI is InChI=1S/C27H26ClF5N8O2/c1-14(29)23-37-20(24(42)35-13-15-9-10-19(30)18(28)11-15)12-21(41(23)34)25(43)36-17-7-3-2-5-16(6-4-8-17)22-38-26(40-39-22)27(31,32)33/h4-6,9-12,17H,2-3,7-8,13,34H2,1H3,(H,35,42)(H,36,43)(H,38,39,40)/b6-4-,16-5+,23-14+. The lowest BCUT2D eigenvalue weighted by molar-refractivity contribution is -0.144. The van der Waals surface area contributed by atoms with Crippen molar-refractivity contribution >= 4 is 34.7 Å². The highest BCUT2D eigenvalue weighted by Gasteiger charge is 2.35. The molecule has 1 unspecified atom stereocenters. The largest absolute Gasteiger partial charge is 0.451 e. The number of hydrogen-bond acceptors (Lipinski definition) is 7. The van der Waals surface area contributed by atoms with Crippen LogP contribution in [0, 0.1) is 5.82 Å². The van der Waals surface area contributed by atoms with Gasteiger partial charge >= 0.3 is 6.18 Å². The number of aromatic nitrogens is 3. The highest BCUT2D eigenvalue weighted by Crippen LogP contribution is 2.28. The second-order valence-electron chi connectivity index (χ2n) is 9.59. The van der Waals surface area contributed by atoms with Gasteiger partial charge in [-0.05, 0) is 50.3 Å². The number of H-pyrrole nitrogens is 1. The van der Waals surface area contributed by atoms with E-state index in [2.05, 4.69) is 25.7 Å². The van der Waals surface area contributed by atoms with Crippen LogP contribution in [-0.2, 0) is 22.3 Å². The van der Waals surface area contributed by atoms with Gasteiger partial charge in [0, 0.05) is 24.2 Å². The molecule has 10 nitrogen and oxygen atoms in total. The maximum atomic E-state index is 14.3. The van der Waals surface area contributed by atoms with Crippen LogP contribution in [-0.4, -0.2) is 43.8 Å². The number of allylic oxidation sites excluding steroid dienone is 4. The number of nitrogens with zero attached hydrogens (tertiary/aromatic N) is 4. The summed E-state index contributed by atoms with van der Waals surface area (Å²) >= 11 is 5.78. The molecule has 0 fully saturated rings. The fourth-order valence-corrected chi connectivity index (χ4v) is 4.41. The van der Waals surface area contributed by atoms with Crippen molar-refractivity contribution in [3.05, 3.63) is 87.9 Å². The van der Waals surface area contributed by atoms with E-state index in [1.54, 1.807) is 18.2 Å². The van der Waals surface area contributed by atoms with Crippen molar-refractivity contribution in [3.63, 3.8) is 0 Å². The Morgan fingerprint density at radius 1 is 1.26 bits per heavy atom. The van der Waals surface area contributed by atoms with E-state index in [0.717, 1.165) is 24.1 Å². The molecule has 4 rings (SSSR count). The van der Waals surface area contributed by atoms with Crippen molar-refractivity contribution in [2.45, 2.75) is 51.4 Å². The second-order valence-corrected chi connectivity index (χ2v) is 10.00. The van der Waals surface area contributed by atoms with Crippen molar-refractivity contribution in [1.29, 1.82) is 0 Å². The number of halogens is 6. The van der Waals surface area contributed by atoms with Gasteiger partial charge in [0.25, 0.3) is 11.8 Å². The summed E-state index contributed by atoms with van der Waals surface area (Å²) in [7, 11) is 0. The first kappa shape index (κ1) is 31.6. The zero-order valence-electron chi connectivity index (χ0n) is 22.6. The second kappa shape index (κ2) is 13.3. The molecule has 1 aromatic heterocycles. The molecule has 1 aliphatic carbocycles. The smallest absolute Gasteiger partial charge is 0.348 e. The van der Waals surface area contributed by atoms with Gasteiger partial charge in [0.2, 0.25) is 5.82 Å². The van der Waals surface area contributed by atoms with Crippen LogP contribution in [0.25, 0.3) is 5.57 Å². The van der Waals surface area contributed by atoms with E-state index in [0.29, 0.717) is 36.8 Å². The van der Waals surface area contributed by atoms with Crippen LogP contribution < -0.4 is 16.5 Å². The predicted molar refractivity (Wildman–Crippen MR) is 148 cm³/mol. The molecule has 43 heavy (non-hydrogen) atoms. The first-order chi connectivity index (χ1) is 20.3. The van der Waals surface area contributed by atoms with E-state index in [-0.39, 0.29) is 28.8 Å². The molecule has 2 aromatic rings. The van der Waals surface area contributed by atoms with Crippen LogP contribution in [0.1, 0.15) is 49.8 Å². The number of aliphatic imine (C=N–C) groups is 1. The van der Waals surface area contributed by atoms with Crippen LogP contribution in [0.4, 0.5) is 22.0 Å². The van der Waals surface area contributed by atoms with Gasteiger partial charge in [-0.2, -0.15) is 18.3 Å². The van der Waals surface area contributed by atoms with E-state index < -0.39 is 47.3 Å². The van der Waals surface area contributed by atoms with Crippen LogP contribution in [0.15, 0.2) is 64.8 Å². The Labute approximate surface area is 247 Å². The van der Waals surface area contributed by atoms with E-state index in [4.69, 9.17) is 17.4 Å². The van der Waals surface area contributed by atoms with Crippen molar-refractivity contribution in [3.8, 4) is 0 Å². The summed E-state index contributed by atoms with van der Waals surface area (Å²) in [5.41, 5.74) is 0.343. The lowest BCUT2D eigenvalue weighted by Crippen LogP contribution is -2.45. The summed E-state index contributed by atoms with van der Waals surface area (Å²) in [6.07, 6.45) is 3.22. The molecule has 16 heteroatoms. The molecule has 1 aromatic carbocycles. The Morgan fingerprint density at radius 2 is 2.02 bits per heavy atom. The molecular weight excluding hydrogens is 599 g/mol. The highest BCUT2D eigenvalue weighted by atomic mass is 35.5. The maximum absolute atomic E-state index is 14.3. The first-order valence-electron chi connectivity index (χ1n) is 12.9. The van der Waals surface area contributed by atoms with Gasteiger partial charge in [0.15, 0.2) is 11.6 Å². The van der Waals surface area contributed by atoms with Gasteiger partial charge in [-0.25, -0.2) is 24.6 Å². The van der Waals surface area contributed by atoms with E-state index >= 15 is 0 Å². The fraction of sp³-hybridized carbons (Fsp3) is 0.296. The molecule has 1 aliphatic heterocycles. The Balaban J connectivity index is 1.45. The molecule has 2 amide bonds. The van der Waals surface area contributed by atoms with Crippen molar-refractivity contribution in [2.75, 3.05) is 0 Å².